The van der Waals surface area contributed by atoms with Crippen molar-refractivity contribution < 1.29 is 20.4 Å². The average Bonchev–Trinajstić information content (AvgIpc) is 2.40. The second-order valence-electron chi connectivity index (χ2n) is 4.62. The fraction of sp³-hybridized carbons (Fsp3) is 0.583. The Labute approximate surface area is 105 Å². The minimum Gasteiger partial charge on any atom is -0.390 e. The van der Waals surface area contributed by atoms with E-state index in [-0.39, 0.29) is 6.42 Å². The summed E-state index contributed by atoms with van der Waals surface area (Å²) in [6, 6.07) is 3.23. The minimum absolute atomic E-state index is 0.194. The molecular weight excluding hydrogens is 236 g/mol. The summed E-state index contributed by atoms with van der Waals surface area (Å²) in [5, 5.41) is 41.4. The molecule has 0 radical (unpaired) electrons. The van der Waals surface area contributed by atoms with Gasteiger partial charge in [-0.15, -0.1) is 0 Å². The quantitative estimate of drug-likeness (QED) is 0.444. The van der Waals surface area contributed by atoms with Crippen LogP contribution in [0.25, 0.3) is 0 Å². The lowest BCUT2D eigenvalue weighted by Gasteiger charge is -2.38. The van der Waals surface area contributed by atoms with E-state index in [2.05, 4.69) is 10.3 Å². The van der Waals surface area contributed by atoms with Gasteiger partial charge in [0.2, 0.25) is 0 Å². The Morgan fingerprint density at radius 3 is 2.61 bits per heavy atom. The molecule has 2 rings (SSSR count). The summed E-state index contributed by atoms with van der Waals surface area (Å²) in [7, 11) is 0. The molecule has 5 atom stereocenters. The fourth-order valence-electron chi connectivity index (χ4n) is 2.16. The van der Waals surface area contributed by atoms with E-state index in [1.807, 2.05) is 12.1 Å². The third-order valence-corrected chi connectivity index (χ3v) is 3.29. The van der Waals surface area contributed by atoms with Crippen molar-refractivity contribution in [3.8, 4) is 0 Å². The predicted molar refractivity (Wildman–Crippen MR) is 63.5 cm³/mol. The standard InChI is InChI=1S/C12H18N2O4/c15-9-4-8(10(16)12(18)11(9)17)14-6-7-2-1-3-13-5-7/h1-3,5,8-12,14-18H,4,6H2/t8-,9+,10-,11-,12-/m0/s1. The van der Waals surface area contributed by atoms with Crippen LogP contribution in [0, 0.1) is 0 Å². The van der Waals surface area contributed by atoms with Crippen molar-refractivity contribution >= 4 is 0 Å². The van der Waals surface area contributed by atoms with Gasteiger partial charge in [0.05, 0.1) is 12.2 Å². The van der Waals surface area contributed by atoms with Gasteiger partial charge in [-0.2, -0.15) is 0 Å². The van der Waals surface area contributed by atoms with Gasteiger partial charge in [0.1, 0.15) is 12.2 Å². The number of pyridine rings is 1. The van der Waals surface area contributed by atoms with Crippen molar-refractivity contribution in [2.75, 3.05) is 0 Å². The number of nitrogens with one attached hydrogen (secondary N) is 1. The van der Waals surface area contributed by atoms with Crippen LogP contribution in [0.1, 0.15) is 12.0 Å². The number of nitrogens with zero attached hydrogens (tertiary/aromatic N) is 1. The number of aliphatic hydroxyl groups is 4. The smallest absolute Gasteiger partial charge is 0.110 e. The van der Waals surface area contributed by atoms with Gasteiger partial charge in [-0.25, -0.2) is 0 Å². The van der Waals surface area contributed by atoms with E-state index in [1.54, 1.807) is 12.4 Å². The van der Waals surface area contributed by atoms with Crippen LogP contribution in [-0.2, 0) is 6.54 Å². The highest BCUT2D eigenvalue weighted by Crippen LogP contribution is 2.21. The van der Waals surface area contributed by atoms with E-state index in [0.717, 1.165) is 5.56 Å². The number of hydrogen-bond donors (Lipinski definition) is 5. The van der Waals surface area contributed by atoms with Crippen molar-refractivity contribution in [1.82, 2.24) is 10.3 Å². The summed E-state index contributed by atoms with van der Waals surface area (Å²) in [6.45, 7) is 0.477. The second kappa shape index (κ2) is 5.73. The normalized spacial score (nSPS) is 36.6. The first kappa shape index (κ1) is 13.4. The molecule has 0 aliphatic heterocycles. The van der Waals surface area contributed by atoms with Gasteiger partial charge < -0.3 is 25.7 Å². The largest absolute Gasteiger partial charge is 0.390 e. The highest BCUT2D eigenvalue weighted by molar-refractivity contribution is 5.08. The molecule has 5 N–H and O–H groups in total. The Bertz CT molecular complexity index is 376. The summed E-state index contributed by atoms with van der Waals surface area (Å²) < 4.78 is 0. The van der Waals surface area contributed by atoms with Crippen LogP contribution in [0.4, 0.5) is 0 Å². The summed E-state index contributed by atoms with van der Waals surface area (Å²) in [4.78, 5) is 3.97. The molecule has 6 nitrogen and oxygen atoms in total. The fourth-order valence-corrected chi connectivity index (χ4v) is 2.16. The summed E-state index contributed by atoms with van der Waals surface area (Å²) in [6.07, 6.45) is -1.20. The first-order valence-electron chi connectivity index (χ1n) is 5.94. The molecule has 1 fully saturated rings. The molecule has 1 aliphatic carbocycles. The van der Waals surface area contributed by atoms with Gasteiger partial charge in [0.15, 0.2) is 0 Å². The van der Waals surface area contributed by atoms with Gasteiger partial charge in [-0.3, -0.25) is 4.98 Å². The maximum Gasteiger partial charge on any atom is 0.110 e. The highest BCUT2D eigenvalue weighted by atomic mass is 16.4. The Hall–Kier alpha value is -1.05. The molecule has 1 heterocycles. The summed E-state index contributed by atoms with van der Waals surface area (Å²) in [5.41, 5.74) is 0.944. The van der Waals surface area contributed by atoms with E-state index >= 15 is 0 Å². The lowest BCUT2D eigenvalue weighted by Crippen LogP contribution is -2.59. The maximum absolute atomic E-state index is 9.80. The summed E-state index contributed by atoms with van der Waals surface area (Å²) >= 11 is 0. The van der Waals surface area contributed by atoms with E-state index in [4.69, 9.17) is 0 Å². The molecule has 0 aromatic carbocycles. The highest BCUT2D eigenvalue weighted by Gasteiger charge is 2.41. The number of rotatable bonds is 3. The van der Waals surface area contributed by atoms with Crippen molar-refractivity contribution in [2.24, 2.45) is 0 Å². The topological polar surface area (TPSA) is 106 Å². The van der Waals surface area contributed by atoms with Crippen LogP contribution < -0.4 is 5.32 Å². The van der Waals surface area contributed by atoms with Crippen LogP contribution in [0.2, 0.25) is 0 Å². The molecule has 0 bridgehead atoms. The molecule has 100 valence electrons. The van der Waals surface area contributed by atoms with Crippen molar-refractivity contribution in [3.63, 3.8) is 0 Å². The van der Waals surface area contributed by atoms with Crippen LogP contribution in [0.3, 0.4) is 0 Å². The maximum atomic E-state index is 9.80. The second-order valence-corrected chi connectivity index (χ2v) is 4.62. The Balaban J connectivity index is 1.93. The molecule has 0 saturated heterocycles. The van der Waals surface area contributed by atoms with Gasteiger partial charge in [0, 0.05) is 25.0 Å². The Kier molecular flexibility index (Phi) is 4.26. The van der Waals surface area contributed by atoms with Crippen molar-refractivity contribution in [3.05, 3.63) is 30.1 Å². The van der Waals surface area contributed by atoms with E-state index in [0.29, 0.717) is 6.54 Å². The number of hydrogen-bond acceptors (Lipinski definition) is 6. The van der Waals surface area contributed by atoms with Crippen LogP contribution >= 0.6 is 0 Å². The molecular formula is C12H18N2O4. The molecule has 6 heteroatoms. The molecule has 0 spiro atoms. The van der Waals surface area contributed by atoms with Crippen molar-refractivity contribution in [2.45, 2.75) is 43.4 Å². The lowest BCUT2D eigenvalue weighted by atomic mass is 9.85. The third-order valence-electron chi connectivity index (χ3n) is 3.29. The Morgan fingerprint density at radius 2 is 1.94 bits per heavy atom. The first-order chi connectivity index (χ1) is 8.59. The molecule has 1 aromatic heterocycles. The molecule has 0 amide bonds. The summed E-state index contributed by atoms with van der Waals surface area (Å²) in [5.74, 6) is 0. The lowest BCUT2D eigenvalue weighted by molar-refractivity contribution is -0.146. The number of aromatic nitrogens is 1. The number of aliphatic hydroxyl groups excluding tert-OH is 4. The van der Waals surface area contributed by atoms with Crippen LogP contribution in [0.15, 0.2) is 24.5 Å². The Morgan fingerprint density at radius 1 is 1.17 bits per heavy atom. The van der Waals surface area contributed by atoms with E-state index < -0.39 is 30.5 Å². The van der Waals surface area contributed by atoms with Crippen LogP contribution in [-0.4, -0.2) is 55.9 Å². The third kappa shape index (κ3) is 2.85. The van der Waals surface area contributed by atoms with E-state index in [9.17, 15) is 20.4 Å². The monoisotopic (exact) mass is 254 g/mol. The van der Waals surface area contributed by atoms with E-state index in [1.165, 1.54) is 0 Å². The zero-order valence-corrected chi connectivity index (χ0v) is 9.85. The molecule has 1 aromatic rings. The predicted octanol–water partition coefficient (Wildman–Crippen LogP) is -1.61. The molecule has 1 saturated carbocycles. The van der Waals surface area contributed by atoms with Crippen molar-refractivity contribution in [1.29, 1.82) is 0 Å². The molecule has 1 aliphatic rings. The van der Waals surface area contributed by atoms with Gasteiger partial charge >= 0.3 is 0 Å². The van der Waals surface area contributed by atoms with Gasteiger partial charge in [0.25, 0.3) is 0 Å². The average molecular weight is 254 g/mol. The molecule has 0 unspecified atom stereocenters. The SMILES string of the molecule is O[C@@H]1[C@@H](O)[C@H](O)C[C@H](NCc2cccnc2)[C@@H]1O. The van der Waals surface area contributed by atoms with Gasteiger partial charge in [-0.05, 0) is 18.1 Å². The zero-order valence-electron chi connectivity index (χ0n) is 9.85. The first-order valence-corrected chi connectivity index (χ1v) is 5.94. The molecule has 18 heavy (non-hydrogen) atoms. The minimum atomic E-state index is -1.33. The van der Waals surface area contributed by atoms with Gasteiger partial charge in [-0.1, -0.05) is 6.07 Å². The zero-order chi connectivity index (χ0) is 13.1. The van der Waals surface area contributed by atoms with Crippen LogP contribution in [0.5, 0.6) is 0 Å².